The fourth-order valence-electron chi connectivity index (χ4n) is 1.15. The number of alkyl halides is 2. The Bertz CT molecular complexity index is 483. The van der Waals surface area contributed by atoms with Crippen molar-refractivity contribution in [3.8, 4) is 6.07 Å². The maximum atomic E-state index is 12.6. The van der Waals surface area contributed by atoms with E-state index >= 15 is 0 Å². The zero-order valence-corrected chi connectivity index (χ0v) is 8.91. The number of pyridine rings is 1. The van der Waals surface area contributed by atoms with E-state index in [1.54, 1.807) is 13.0 Å². The lowest BCUT2D eigenvalue weighted by Gasteiger charge is -2.08. The number of nitrogens with zero attached hydrogens (tertiary/aromatic N) is 2. The van der Waals surface area contributed by atoms with Crippen molar-refractivity contribution in [2.24, 2.45) is 0 Å². The molecule has 1 heterocycles. The molecule has 1 aromatic heterocycles. The first-order chi connectivity index (χ1) is 8.01. The van der Waals surface area contributed by atoms with E-state index in [2.05, 4.69) is 9.72 Å². The van der Waals surface area contributed by atoms with Gasteiger partial charge in [-0.15, -0.1) is 0 Å². The minimum atomic E-state index is -2.89. The summed E-state index contributed by atoms with van der Waals surface area (Å²) in [5.41, 5.74) is 3.54. The summed E-state index contributed by atoms with van der Waals surface area (Å²) in [6.07, 6.45) is -2.89. The Labute approximate surface area is 95.8 Å². The Balaban J connectivity index is 3.31. The van der Waals surface area contributed by atoms with Crippen LogP contribution in [0.3, 0.4) is 0 Å². The van der Waals surface area contributed by atoms with Crippen molar-refractivity contribution in [1.29, 1.82) is 5.26 Å². The molecule has 0 unspecified atom stereocenters. The molecule has 7 heteroatoms. The molecule has 0 spiro atoms. The van der Waals surface area contributed by atoms with E-state index in [1.807, 2.05) is 0 Å². The lowest BCUT2D eigenvalue weighted by molar-refractivity contribution is 0.0519. The third-order valence-corrected chi connectivity index (χ3v) is 1.92. The number of nitrogen functional groups attached to an aromatic ring is 1. The molecule has 0 saturated heterocycles. The van der Waals surface area contributed by atoms with Crippen LogP contribution in [0, 0.1) is 11.3 Å². The van der Waals surface area contributed by atoms with Crippen molar-refractivity contribution in [3.05, 3.63) is 23.0 Å². The highest BCUT2D eigenvalue weighted by Gasteiger charge is 2.20. The number of carbonyl (C=O) groups is 1. The predicted molar refractivity (Wildman–Crippen MR) is 54.3 cm³/mol. The molecule has 0 amide bonds. The molecule has 1 aromatic rings. The van der Waals surface area contributed by atoms with Gasteiger partial charge in [-0.05, 0) is 13.0 Å². The van der Waals surface area contributed by atoms with Crippen molar-refractivity contribution in [2.45, 2.75) is 13.3 Å². The number of halogens is 2. The number of carbonyl (C=O) groups excluding carboxylic acids is 1. The van der Waals surface area contributed by atoms with Crippen molar-refractivity contribution in [1.82, 2.24) is 4.98 Å². The molecule has 90 valence electrons. The summed E-state index contributed by atoms with van der Waals surface area (Å²) < 4.78 is 29.8. The third-order valence-electron chi connectivity index (χ3n) is 1.92. The number of anilines is 1. The van der Waals surface area contributed by atoms with Crippen LogP contribution in [-0.4, -0.2) is 17.6 Å². The number of rotatable bonds is 3. The summed E-state index contributed by atoms with van der Waals surface area (Å²) in [6, 6.07) is 2.38. The number of hydrogen-bond acceptors (Lipinski definition) is 5. The Morgan fingerprint density at radius 3 is 2.82 bits per heavy atom. The van der Waals surface area contributed by atoms with Gasteiger partial charge >= 0.3 is 5.97 Å². The first-order valence-corrected chi connectivity index (χ1v) is 4.67. The van der Waals surface area contributed by atoms with Gasteiger partial charge in [-0.2, -0.15) is 5.26 Å². The van der Waals surface area contributed by atoms with Crippen LogP contribution in [0.1, 0.15) is 35.1 Å². The molecule has 0 saturated carbocycles. The van der Waals surface area contributed by atoms with E-state index in [9.17, 15) is 13.6 Å². The Morgan fingerprint density at radius 2 is 2.35 bits per heavy atom. The molecule has 0 aromatic carbocycles. The van der Waals surface area contributed by atoms with Crippen LogP contribution in [0.5, 0.6) is 0 Å². The molecular weight excluding hydrogens is 232 g/mol. The largest absolute Gasteiger partial charge is 0.461 e. The molecular formula is C10H9F2N3O2. The SMILES string of the molecule is CCOC(=O)c1cc(C(F)F)c(N)c(C#N)n1. The molecule has 0 radical (unpaired) electrons. The average molecular weight is 241 g/mol. The molecule has 0 atom stereocenters. The second-order valence-corrected chi connectivity index (χ2v) is 2.99. The molecule has 0 aliphatic carbocycles. The normalized spacial score (nSPS) is 10.1. The Hall–Kier alpha value is -2.23. The predicted octanol–water partition coefficient (Wildman–Crippen LogP) is 1.65. The van der Waals surface area contributed by atoms with Crippen molar-refractivity contribution < 1.29 is 18.3 Å². The van der Waals surface area contributed by atoms with Gasteiger partial charge in [0, 0.05) is 5.56 Å². The second-order valence-electron chi connectivity index (χ2n) is 2.99. The van der Waals surface area contributed by atoms with Gasteiger partial charge in [0.2, 0.25) is 0 Å². The minimum absolute atomic E-state index is 0.0801. The summed E-state index contributed by atoms with van der Waals surface area (Å²) in [5.74, 6) is -0.870. The highest BCUT2D eigenvalue weighted by Crippen LogP contribution is 2.27. The lowest BCUT2D eigenvalue weighted by atomic mass is 10.1. The quantitative estimate of drug-likeness (QED) is 0.812. The van der Waals surface area contributed by atoms with E-state index < -0.39 is 29.3 Å². The standard InChI is InChI=1S/C10H9F2N3O2/c1-2-17-10(16)6-3-5(9(11)12)8(14)7(4-13)15-6/h3,9H,2,14H2,1H3. The van der Waals surface area contributed by atoms with Gasteiger partial charge in [-0.1, -0.05) is 0 Å². The number of esters is 1. The van der Waals surface area contributed by atoms with Crippen LogP contribution >= 0.6 is 0 Å². The van der Waals surface area contributed by atoms with Crippen LogP contribution in [-0.2, 0) is 4.74 Å². The zero-order valence-electron chi connectivity index (χ0n) is 8.91. The van der Waals surface area contributed by atoms with Gasteiger partial charge in [0.1, 0.15) is 6.07 Å². The maximum absolute atomic E-state index is 12.6. The van der Waals surface area contributed by atoms with Gasteiger partial charge in [-0.25, -0.2) is 18.6 Å². The summed E-state index contributed by atoms with van der Waals surface area (Å²) in [5, 5.41) is 8.67. The van der Waals surface area contributed by atoms with Crippen molar-refractivity contribution in [2.75, 3.05) is 12.3 Å². The van der Waals surface area contributed by atoms with E-state index in [0.29, 0.717) is 0 Å². The number of ether oxygens (including phenoxy) is 1. The summed E-state index contributed by atoms with van der Waals surface area (Å²) in [7, 11) is 0. The summed E-state index contributed by atoms with van der Waals surface area (Å²) >= 11 is 0. The van der Waals surface area contributed by atoms with Crippen molar-refractivity contribution >= 4 is 11.7 Å². The van der Waals surface area contributed by atoms with Gasteiger partial charge in [0.05, 0.1) is 12.3 Å². The van der Waals surface area contributed by atoms with Gasteiger partial charge in [0.15, 0.2) is 11.4 Å². The first-order valence-electron chi connectivity index (χ1n) is 4.67. The second kappa shape index (κ2) is 5.21. The van der Waals surface area contributed by atoms with Gasteiger partial charge in [0.25, 0.3) is 6.43 Å². The molecule has 17 heavy (non-hydrogen) atoms. The third kappa shape index (κ3) is 2.66. The molecule has 0 bridgehead atoms. The molecule has 0 aliphatic rings. The zero-order chi connectivity index (χ0) is 13.0. The Kier molecular flexibility index (Phi) is 3.93. The van der Waals surface area contributed by atoms with Crippen LogP contribution in [0.2, 0.25) is 0 Å². The maximum Gasteiger partial charge on any atom is 0.356 e. The average Bonchev–Trinajstić information content (AvgIpc) is 2.29. The lowest BCUT2D eigenvalue weighted by Crippen LogP contribution is -2.11. The minimum Gasteiger partial charge on any atom is -0.461 e. The summed E-state index contributed by atoms with van der Waals surface area (Å²) in [6.45, 7) is 1.64. The van der Waals surface area contributed by atoms with Crippen LogP contribution in [0.4, 0.5) is 14.5 Å². The molecule has 2 N–H and O–H groups in total. The molecule has 0 aliphatic heterocycles. The van der Waals surface area contributed by atoms with Gasteiger partial charge in [-0.3, -0.25) is 0 Å². The van der Waals surface area contributed by atoms with Crippen LogP contribution in [0.15, 0.2) is 6.07 Å². The highest BCUT2D eigenvalue weighted by molar-refractivity contribution is 5.88. The van der Waals surface area contributed by atoms with E-state index in [-0.39, 0.29) is 12.3 Å². The molecule has 1 rings (SSSR count). The Morgan fingerprint density at radius 1 is 1.71 bits per heavy atom. The first kappa shape index (κ1) is 12.8. The molecule has 5 nitrogen and oxygen atoms in total. The van der Waals surface area contributed by atoms with Crippen molar-refractivity contribution in [3.63, 3.8) is 0 Å². The summed E-state index contributed by atoms with van der Waals surface area (Å²) in [4.78, 5) is 14.9. The van der Waals surface area contributed by atoms with E-state index in [0.717, 1.165) is 6.07 Å². The van der Waals surface area contributed by atoms with E-state index in [4.69, 9.17) is 11.0 Å². The monoisotopic (exact) mass is 241 g/mol. The number of aromatic nitrogens is 1. The number of hydrogen-bond donors (Lipinski definition) is 1. The van der Waals surface area contributed by atoms with E-state index in [1.165, 1.54) is 0 Å². The fraction of sp³-hybridized carbons (Fsp3) is 0.300. The van der Waals surface area contributed by atoms with Crippen LogP contribution in [0.25, 0.3) is 0 Å². The number of nitrogens with two attached hydrogens (primary N) is 1. The smallest absolute Gasteiger partial charge is 0.356 e. The topological polar surface area (TPSA) is 89.0 Å². The highest BCUT2D eigenvalue weighted by atomic mass is 19.3. The number of nitriles is 1. The van der Waals surface area contributed by atoms with Crippen LogP contribution < -0.4 is 5.73 Å². The molecule has 0 fully saturated rings. The fourth-order valence-corrected chi connectivity index (χ4v) is 1.15. The van der Waals surface area contributed by atoms with Gasteiger partial charge < -0.3 is 10.5 Å².